The van der Waals surface area contributed by atoms with Gasteiger partial charge in [-0.15, -0.1) is 35.7 Å². The number of hydrogen-bond donors (Lipinski definition) is 0. The SMILES string of the molecule is CC(C)(CCc1snnc1C1CC1)c1c(F)cccc1Cl.CC(CCc1snnc1C1CC1)c1c(F)cccc1Cl.CCCCC(CCc1snnc1C1CC1)c1c(F)cccc1Cl.C[C@@H](CCc1snnc1C1CC1)c1c(F)cccc1Cl.C[C@H](CCc1snnc1C1CC1)c1c(F)cccc1Cl.Fc1cccc(Cl)c1C(CCc1snnc1C1CC1)c1ccccc1.O=C(Cc1c(F)cccc1F)c1snnc1C1CC1. The summed E-state index contributed by atoms with van der Waals surface area (Å²) >= 11 is 47.1. The van der Waals surface area contributed by atoms with E-state index in [0.29, 0.717) is 116 Å². The summed E-state index contributed by atoms with van der Waals surface area (Å²) in [6.07, 6.45) is 30.0. The van der Waals surface area contributed by atoms with Crippen molar-refractivity contribution in [3.05, 3.63) is 353 Å². The molecule has 7 fully saturated rings. The zero-order chi connectivity index (χ0) is 104. The molecule has 148 heavy (non-hydrogen) atoms. The van der Waals surface area contributed by atoms with E-state index in [1.54, 1.807) is 72.8 Å². The molecule has 0 amide bonds. The Morgan fingerprint density at radius 3 is 0.939 bits per heavy atom. The Hall–Kier alpha value is -8.47. The van der Waals surface area contributed by atoms with E-state index in [4.69, 9.17) is 69.6 Å². The Kier molecular flexibility index (Phi) is 40.5. The molecule has 0 N–H and O–H groups in total. The van der Waals surface area contributed by atoms with E-state index >= 15 is 0 Å². The molecule has 15 nitrogen and oxygen atoms in total. The fourth-order valence-corrected chi connectivity index (χ4v) is 26.0. The van der Waals surface area contributed by atoms with Gasteiger partial charge in [0.15, 0.2) is 5.78 Å². The summed E-state index contributed by atoms with van der Waals surface area (Å²) < 4.78 is 140. The number of hydrogen-bond acceptors (Lipinski definition) is 22. The van der Waals surface area contributed by atoms with Gasteiger partial charge in [0.1, 0.15) is 51.4 Å². The zero-order valence-corrected chi connectivity index (χ0v) is 93.2. The number of ketones is 1. The lowest BCUT2D eigenvalue weighted by atomic mass is 9.80. The molecule has 0 bridgehead atoms. The minimum Gasteiger partial charge on any atom is -0.293 e. The summed E-state index contributed by atoms with van der Waals surface area (Å²) in [7, 11) is 0. The van der Waals surface area contributed by atoms with Crippen molar-refractivity contribution < 1.29 is 39.9 Å². The smallest absolute Gasteiger partial charge is 0.180 e. The molecular formula is C112H116Cl6F8N14OS7. The fourth-order valence-electron chi connectivity index (χ4n) is 18.8. The molecule has 0 saturated heterocycles. The second kappa shape index (κ2) is 53.4. The van der Waals surface area contributed by atoms with Gasteiger partial charge in [-0.25, -0.2) is 35.1 Å². The van der Waals surface area contributed by atoms with Crippen LogP contribution in [0.25, 0.3) is 0 Å². The quantitative estimate of drug-likeness (QED) is 0.0261. The number of benzene rings is 8. The van der Waals surface area contributed by atoms with Crippen LogP contribution in [0.4, 0.5) is 35.1 Å². The Morgan fingerprint density at radius 1 is 0.318 bits per heavy atom. The summed E-state index contributed by atoms with van der Waals surface area (Å²) in [4.78, 5) is 20.1. The lowest BCUT2D eigenvalue weighted by Crippen LogP contribution is -2.20. The van der Waals surface area contributed by atoms with Crippen molar-refractivity contribution in [3.8, 4) is 0 Å². The first-order valence-electron chi connectivity index (χ1n) is 50.9. The van der Waals surface area contributed by atoms with Gasteiger partial charge in [-0.1, -0.05) is 228 Å². The van der Waals surface area contributed by atoms with E-state index < -0.39 is 11.6 Å². The fraction of sp³-hybridized carbons (Fsp3) is 0.438. The average Bonchev–Trinajstić information content (AvgIpc) is 1.80. The number of nitrogens with zero attached hydrogens (tertiary/aromatic N) is 14. The van der Waals surface area contributed by atoms with Crippen LogP contribution in [0.2, 0.25) is 30.1 Å². The highest BCUT2D eigenvalue weighted by Crippen LogP contribution is 2.51. The highest BCUT2D eigenvalue weighted by atomic mass is 35.5. The van der Waals surface area contributed by atoms with Gasteiger partial charge >= 0.3 is 0 Å². The first-order valence-corrected chi connectivity index (χ1v) is 58.6. The van der Waals surface area contributed by atoms with Gasteiger partial charge in [0, 0.05) is 152 Å². The molecule has 3 unspecified atom stereocenters. The number of halogens is 14. The van der Waals surface area contributed by atoms with Crippen molar-refractivity contribution in [1.29, 1.82) is 0 Å². The second-order valence-electron chi connectivity index (χ2n) is 40.1. The molecule has 7 saturated carbocycles. The lowest BCUT2D eigenvalue weighted by molar-refractivity contribution is 0.0993. The third kappa shape index (κ3) is 30.6. The van der Waals surface area contributed by atoms with Gasteiger partial charge in [-0.3, -0.25) is 4.79 Å². The topological polar surface area (TPSA) is 198 Å². The van der Waals surface area contributed by atoms with Crippen molar-refractivity contribution >= 4 is 156 Å². The molecule has 0 radical (unpaired) electrons. The number of carbonyl (C=O) groups is 1. The van der Waals surface area contributed by atoms with Crippen LogP contribution in [0.3, 0.4) is 0 Å². The molecule has 22 rings (SSSR count). The Morgan fingerprint density at radius 2 is 0.601 bits per heavy atom. The van der Waals surface area contributed by atoms with E-state index in [1.807, 2.05) is 65.0 Å². The standard InChI is InChI=1S/C20H18ClFN2S.C18H22ClFN2S.C16H18ClFN2S.3C15H16ClFN2S.C13H10F2N2OS/c21-16-7-4-8-17(22)19(16)15(13-5-2-1-3-6-13)11-12-18-20(14-9-10-14)23-24-25-18;1-2-3-5-12(17-14(19)6-4-7-15(17)20)10-11-16-18(13-8-9-13)21-22-23-16;1-16(2,14-11(17)4-3-5-12(14)18)9-8-13-15(10-6-7-10)19-20-21-13;3*1-9(14-11(16)3-2-4-12(14)17)5-8-13-15(10-6-7-10)18-19-20-13;14-9-2-1-3-10(15)8(9)6-11(18)13-12(7-4-5-7)16-17-19-13/h1-8,14-15H,9-12H2;4,6-7,12-13H,2-3,5,8-11H2,1H3;3-5,10H,6-9H2,1-2H3;3*2-4,9-10H,5-8H2,1H3;1-3,7H,4-6H2/t;;;2*9-;;/m...10../s1. The molecule has 780 valence electrons. The van der Waals surface area contributed by atoms with Crippen LogP contribution in [0, 0.1) is 46.5 Å². The van der Waals surface area contributed by atoms with Crippen LogP contribution in [0.15, 0.2) is 158 Å². The molecular weight excluding hydrogens is 2150 g/mol. The maximum absolute atomic E-state index is 14.6. The first-order chi connectivity index (χ1) is 71.6. The predicted molar refractivity (Wildman–Crippen MR) is 585 cm³/mol. The van der Waals surface area contributed by atoms with Crippen LogP contribution in [0.1, 0.15) is 384 Å². The van der Waals surface area contributed by atoms with E-state index in [0.717, 1.165) is 150 Å². The van der Waals surface area contributed by atoms with Gasteiger partial charge in [-0.2, -0.15) is 0 Å². The van der Waals surface area contributed by atoms with Crippen molar-refractivity contribution in [2.45, 2.75) is 311 Å². The van der Waals surface area contributed by atoms with Gasteiger partial charge < -0.3 is 0 Å². The van der Waals surface area contributed by atoms with Gasteiger partial charge in [0.25, 0.3) is 0 Å². The molecule has 5 atom stereocenters. The highest BCUT2D eigenvalue weighted by molar-refractivity contribution is 7.08. The van der Waals surface area contributed by atoms with Crippen molar-refractivity contribution in [2.24, 2.45) is 0 Å². The van der Waals surface area contributed by atoms with Gasteiger partial charge in [0.2, 0.25) is 0 Å². The largest absolute Gasteiger partial charge is 0.293 e. The summed E-state index contributed by atoms with van der Waals surface area (Å²) in [5.74, 6) is 1.35. The summed E-state index contributed by atoms with van der Waals surface area (Å²) in [5, 5.41) is 32.6. The molecule has 0 spiro atoms. The Balaban J connectivity index is 0.000000123. The number of unbranched alkanes of at least 4 members (excludes halogenated alkanes) is 1. The van der Waals surface area contributed by atoms with E-state index in [-0.39, 0.29) is 87.7 Å². The molecule has 15 aromatic rings. The summed E-state index contributed by atoms with van der Waals surface area (Å²) in [6, 6.07) is 43.0. The maximum atomic E-state index is 14.6. The van der Waals surface area contributed by atoms with Gasteiger partial charge in [0.05, 0.1) is 39.9 Å². The first kappa shape index (κ1) is 112. The van der Waals surface area contributed by atoms with Crippen LogP contribution >= 0.6 is 150 Å². The van der Waals surface area contributed by atoms with Crippen LogP contribution in [-0.4, -0.2) is 72.9 Å². The van der Waals surface area contributed by atoms with Gasteiger partial charge in [-0.05, 0) is 374 Å². The molecule has 8 aromatic carbocycles. The van der Waals surface area contributed by atoms with Crippen LogP contribution in [0.5, 0.6) is 0 Å². The molecule has 0 aliphatic heterocycles. The third-order valence-electron chi connectivity index (χ3n) is 28.2. The molecule has 7 aliphatic carbocycles. The average molecular weight is 2260 g/mol. The van der Waals surface area contributed by atoms with E-state index in [2.05, 4.69) is 74.0 Å². The second-order valence-corrected chi connectivity index (χ2v) is 48.3. The highest BCUT2D eigenvalue weighted by Gasteiger charge is 2.39. The summed E-state index contributed by atoms with van der Waals surface area (Å²) in [6.45, 7) is 12.3. The molecule has 7 aromatic heterocycles. The number of aryl methyl sites for hydroxylation is 6. The van der Waals surface area contributed by atoms with E-state index in [1.165, 1.54) is 241 Å². The van der Waals surface area contributed by atoms with E-state index in [9.17, 15) is 39.9 Å². The third-order valence-corrected chi connectivity index (χ3v) is 35.7. The minimum absolute atomic E-state index is 0.0796. The number of rotatable bonds is 38. The van der Waals surface area contributed by atoms with Crippen molar-refractivity contribution in [3.63, 3.8) is 0 Å². The molecule has 7 aliphatic rings. The lowest BCUT2D eigenvalue weighted by Gasteiger charge is -2.26. The normalized spacial score (nSPS) is 15.7. The Bertz CT molecular complexity index is 6500. The number of carbonyl (C=O) groups excluding carboxylic acids is 1. The zero-order valence-electron chi connectivity index (χ0n) is 83.0. The molecule has 7 heterocycles. The number of Topliss-reactive ketones (excluding diaryl/α,β-unsaturated/α-hetero) is 1. The van der Waals surface area contributed by atoms with Crippen molar-refractivity contribution in [2.75, 3.05) is 0 Å². The van der Waals surface area contributed by atoms with Crippen molar-refractivity contribution in [1.82, 2.24) is 67.1 Å². The maximum Gasteiger partial charge on any atom is 0.180 e. The monoisotopic (exact) mass is 2260 g/mol. The Labute approximate surface area is 918 Å². The molecule has 36 heteroatoms. The predicted octanol–water partition coefficient (Wildman–Crippen LogP) is 35.2. The number of aromatic nitrogens is 14. The summed E-state index contributed by atoms with van der Waals surface area (Å²) in [5.41, 5.74) is 12.0. The van der Waals surface area contributed by atoms with Crippen LogP contribution < -0.4 is 0 Å². The minimum atomic E-state index is -0.696. The van der Waals surface area contributed by atoms with Crippen LogP contribution in [-0.2, 0) is 50.4 Å².